The summed E-state index contributed by atoms with van der Waals surface area (Å²) in [5.41, 5.74) is 3.46. The molecule has 1 unspecified atom stereocenters. The standard InChI is InChI=1S/C16H16O4/c1-9-10(2)16-11(6-12(8-17)20-16)7-13(9)15(18)14-4-3-5-19-14/h3-5,7,12,17H,6,8H2,1-2H3. The molecule has 4 nitrogen and oxygen atoms in total. The first-order valence-corrected chi connectivity index (χ1v) is 6.60. The molecule has 1 aliphatic rings. The average molecular weight is 272 g/mol. The second-order valence-corrected chi connectivity index (χ2v) is 5.10. The highest BCUT2D eigenvalue weighted by molar-refractivity contribution is 6.08. The van der Waals surface area contributed by atoms with E-state index < -0.39 is 0 Å². The lowest BCUT2D eigenvalue weighted by Crippen LogP contribution is -2.17. The molecule has 0 fully saturated rings. The van der Waals surface area contributed by atoms with Crippen LogP contribution in [-0.2, 0) is 6.42 Å². The van der Waals surface area contributed by atoms with Crippen molar-refractivity contribution in [1.82, 2.24) is 0 Å². The molecule has 4 heteroatoms. The summed E-state index contributed by atoms with van der Waals surface area (Å²) in [6.45, 7) is 3.82. The number of hydrogen-bond acceptors (Lipinski definition) is 4. The number of benzene rings is 1. The molecule has 104 valence electrons. The van der Waals surface area contributed by atoms with E-state index in [9.17, 15) is 9.90 Å². The molecule has 1 atom stereocenters. The molecular formula is C16H16O4. The van der Waals surface area contributed by atoms with Crippen LogP contribution in [0.3, 0.4) is 0 Å². The first-order valence-electron chi connectivity index (χ1n) is 6.60. The van der Waals surface area contributed by atoms with E-state index >= 15 is 0 Å². The highest BCUT2D eigenvalue weighted by atomic mass is 16.5. The van der Waals surface area contributed by atoms with Crippen molar-refractivity contribution >= 4 is 5.78 Å². The number of carbonyl (C=O) groups excluding carboxylic acids is 1. The van der Waals surface area contributed by atoms with Crippen molar-refractivity contribution in [3.63, 3.8) is 0 Å². The molecule has 0 bridgehead atoms. The van der Waals surface area contributed by atoms with Gasteiger partial charge in [0.15, 0.2) is 5.76 Å². The molecule has 1 aromatic heterocycles. The minimum atomic E-state index is -0.211. The van der Waals surface area contributed by atoms with Gasteiger partial charge in [-0.2, -0.15) is 0 Å². The van der Waals surface area contributed by atoms with Gasteiger partial charge in [0.2, 0.25) is 5.78 Å². The molecule has 1 aliphatic heterocycles. The van der Waals surface area contributed by atoms with E-state index in [0.29, 0.717) is 17.7 Å². The molecule has 0 saturated heterocycles. The molecule has 20 heavy (non-hydrogen) atoms. The van der Waals surface area contributed by atoms with Gasteiger partial charge in [0.05, 0.1) is 12.9 Å². The predicted octanol–water partition coefficient (Wildman–Crippen LogP) is 2.42. The van der Waals surface area contributed by atoms with E-state index in [1.807, 2.05) is 19.9 Å². The van der Waals surface area contributed by atoms with Crippen LogP contribution in [0.25, 0.3) is 0 Å². The maximum absolute atomic E-state index is 12.4. The Balaban J connectivity index is 2.07. The minimum absolute atomic E-state index is 0.0192. The van der Waals surface area contributed by atoms with Gasteiger partial charge in [-0.15, -0.1) is 0 Å². The lowest BCUT2D eigenvalue weighted by atomic mass is 9.94. The molecule has 1 aromatic carbocycles. The van der Waals surface area contributed by atoms with E-state index in [2.05, 4.69) is 0 Å². The molecule has 0 radical (unpaired) electrons. The normalized spacial score (nSPS) is 16.9. The quantitative estimate of drug-likeness (QED) is 0.872. The maximum Gasteiger partial charge on any atom is 0.228 e. The van der Waals surface area contributed by atoms with E-state index in [4.69, 9.17) is 9.15 Å². The van der Waals surface area contributed by atoms with Gasteiger partial charge >= 0.3 is 0 Å². The third-order valence-electron chi connectivity index (χ3n) is 3.84. The highest BCUT2D eigenvalue weighted by Crippen LogP contribution is 2.36. The molecule has 0 amide bonds. The van der Waals surface area contributed by atoms with Crippen molar-refractivity contribution in [1.29, 1.82) is 0 Å². The predicted molar refractivity (Wildman–Crippen MR) is 73.3 cm³/mol. The van der Waals surface area contributed by atoms with Crippen LogP contribution in [0.2, 0.25) is 0 Å². The number of ether oxygens (including phenoxy) is 1. The zero-order valence-corrected chi connectivity index (χ0v) is 11.5. The summed E-state index contributed by atoms with van der Waals surface area (Å²) < 4.78 is 10.9. The number of rotatable bonds is 3. The second-order valence-electron chi connectivity index (χ2n) is 5.10. The van der Waals surface area contributed by atoms with Crippen molar-refractivity contribution in [3.8, 4) is 5.75 Å². The third kappa shape index (κ3) is 1.93. The highest BCUT2D eigenvalue weighted by Gasteiger charge is 2.28. The van der Waals surface area contributed by atoms with Gasteiger partial charge in [-0.25, -0.2) is 0 Å². The number of aliphatic hydroxyl groups excluding tert-OH is 1. The largest absolute Gasteiger partial charge is 0.487 e. The first kappa shape index (κ1) is 12.9. The summed E-state index contributed by atoms with van der Waals surface area (Å²) in [4.78, 5) is 12.4. The Bertz CT molecular complexity index is 656. The summed E-state index contributed by atoms with van der Waals surface area (Å²) in [6.07, 6.45) is 1.91. The van der Waals surface area contributed by atoms with Crippen LogP contribution in [-0.4, -0.2) is 23.6 Å². The maximum atomic E-state index is 12.4. The molecule has 1 N–H and O–H groups in total. The molecule has 0 aliphatic carbocycles. The van der Waals surface area contributed by atoms with Crippen molar-refractivity contribution in [2.45, 2.75) is 26.4 Å². The fourth-order valence-corrected chi connectivity index (χ4v) is 2.61. The topological polar surface area (TPSA) is 59.7 Å². The van der Waals surface area contributed by atoms with Crippen molar-refractivity contribution < 1.29 is 19.1 Å². The minimum Gasteiger partial charge on any atom is -0.487 e. The Kier molecular flexibility index (Phi) is 3.10. The third-order valence-corrected chi connectivity index (χ3v) is 3.84. The lowest BCUT2D eigenvalue weighted by molar-refractivity contribution is 0.101. The smallest absolute Gasteiger partial charge is 0.228 e. The number of hydrogen-bond donors (Lipinski definition) is 1. The van der Waals surface area contributed by atoms with Gasteiger partial charge in [0.1, 0.15) is 11.9 Å². The van der Waals surface area contributed by atoms with Gasteiger partial charge in [0.25, 0.3) is 0 Å². The van der Waals surface area contributed by atoms with Gasteiger partial charge in [-0.3, -0.25) is 4.79 Å². The van der Waals surface area contributed by atoms with Crippen LogP contribution in [0, 0.1) is 13.8 Å². The van der Waals surface area contributed by atoms with Crippen molar-refractivity contribution in [2.75, 3.05) is 6.61 Å². The Hall–Kier alpha value is -2.07. The number of carbonyl (C=O) groups is 1. The second kappa shape index (κ2) is 4.80. The van der Waals surface area contributed by atoms with Crippen LogP contribution >= 0.6 is 0 Å². The van der Waals surface area contributed by atoms with Gasteiger partial charge in [-0.1, -0.05) is 0 Å². The van der Waals surface area contributed by atoms with E-state index in [1.165, 1.54) is 6.26 Å². The van der Waals surface area contributed by atoms with Crippen LogP contribution in [0.4, 0.5) is 0 Å². The summed E-state index contributed by atoms with van der Waals surface area (Å²) in [7, 11) is 0. The molecule has 2 aromatic rings. The summed E-state index contributed by atoms with van der Waals surface area (Å²) in [5.74, 6) is 1.02. The van der Waals surface area contributed by atoms with Crippen molar-refractivity contribution in [3.05, 3.63) is 52.5 Å². The van der Waals surface area contributed by atoms with Crippen LogP contribution < -0.4 is 4.74 Å². The summed E-state index contributed by atoms with van der Waals surface area (Å²) >= 11 is 0. The molecular weight excluding hydrogens is 256 g/mol. The zero-order valence-electron chi connectivity index (χ0n) is 11.5. The van der Waals surface area contributed by atoms with E-state index in [1.54, 1.807) is 12.1 Å². The Morgan fingerprint density at radius 3 is 2.85 bits per heavy atom. The average Bonchev–Trinajstić information content (AvgIpc) is 3.10. The Labute approximate surface area is 117 Å². The van der Waals surface area contributed by atoms with Gasteiger partial charge < -0.3 is 14.3 Å². The fraction of sp³-hybridized carbons (Fsp3) is 0.312. The van der Waals surface area contributed by atoms with Crippen LogP contribution in [0.5, 0.6) is 5.75 Å². The van der Waals surface area contributed by atoms with E-state index in [0.717, 1.165) is 22.4 Å². The SMILES string of the molecule is Cc1c(C(=O)c2ccco2)cc2c(c1C)OC(CO)C2. The van der Waals surface area contributed by atoms with Crippen LogP contribution in [0.15, 0.2) is 28.9 Å². The fourth-order valence-electron chi connectivity index (χ4n) is 2.61. The molecule has 3 rings (SSSR count). The number of ketones is 1. The molecule has 0 saturated carbocycles. The lowest BCUT2D eigenvalue weighted by Gasteiger charge is -2.12. The summed E-state index contributed by atoms with van der Waals surface area (Å²) in [5, 5.41) is 9.22. The number of aliphatic hydroxyl groups is 1. The molecule has 0 spiro atoms. The van der Waals surface area contributed by atoms with E-state index in [-0.39, 0.29) is 18.5 Å². The Morgan fingerprint density at radius 1 is 1.40 bits per heavy atom. The summed E-state index contributed by atoms with van der Waals surface area (Å²) in [6, 6.07) is 5.23. The van der Waals surface area contributed by atoms with Gasteiger partial charge in [0, 0.05) is 12.0 Å². The Morgan fingerprint density at radius 2 is 2.20 bits per heavy atom. The van der Waals surface area contributed by atoms with Gasteiger partial charge in [-0.05, 0) is 48.7 Å². The number of furan rings is 1. The van der Waals surface area contributed by atoms with Crippen molar-refractivity contribution in [2.24, 2.45) is 0 Å². The molecule has 2 heterocycles. The first-order chi connectivity index (χ1) is 9.61. The zero-order chi connectivity index (χ0) is 14.3. The van der Waals surface area contributed by atoms with Crippen LogP contribution in [0.1, 0.15) is 32.8 Å². The number of fused-ring (bicyclic) bond motifs is 1. The monoisotopic (exact) mass is 272 g/mol.